The van der Waals surface area contributed by atoms with E-state index >= 15 is 0 Å². The molecule has 1 aromatic carbocycles. The van der Waals surface area contributed by atoms with Crippen molar-refractivity contribution >= 4 is 5.97 Å². The van der Waals surface area contributed by atoms with E-state index in [4.69, 9.17) is 0 Å². The average molecular weight is 240 g/mol. The molecule has 0 saturated carbocycles. The molecule has 1 aromatic rings. The fraction of sp³-hybridized carbons (Fsp3) is 0.462. The number of esters is 1. The van der Waals surface area contributed by atoms with E-state index in [0.29, 0.717) is 5.56 Å². The van der Waals surface area contributed by atoms with Gasteiger partial charge in [0, 0.05) is 5.41 Å². The van der Waals surface area contributed by atoms with Crippen molar-refractivity contribution in [1.29, 1.82) is 0 Å². The molecule has 0 amide bonds. The van der Waals surface area contributed by atoms with Crippen LogP contribution in [0.2, 0.25) is 0 Å². The molecule has 0 heterocycles. The van der Waals surface area contributed by atoms with Gasteiger partial charge in [-0.2, -0.15) is 0 Å². The molecule has 94 valence electrons. The number of benzene rings is 1. The molecule has 0 aliphatic carbocycles. The summed E-state index contributed by atoms with van der Waals surface area (Å²) in [6.07, 6.45) is -1.33. The number of aliphatic hydroxyl groups excluding tert-OH is 1. The van der Waals surface area contributed by atoms with E-state index in [2.05, 4.69) is 4.74 Å². The Bertz CT molecular complexity index is 406. The van der Waals surface area contributed by atoms with Gasteiger partial charge in [-0.3, -0.25) is 0 Å². The maximum atomic E-state index is 13.3. The molecule has 0 aromatic heterocycles. The molecule has 0 aliphatic rings. The van der Waals surface area contributed by atoms with Crippen LogP contribution in [0, 0.1) is 12.7 Å². The Hall–Kier alpha value is -1.42. The Morgan fingerprint density at radius 3 is 2.47 bits per heavy atom. The van der Waals surface area contributed by atoms with Crippen molar-refractivity contribution in [2.45, 2.75) is 32.3 Å². The summed E-state index contributed by atoms with van der Waals surface area (Å²) in [5.74, 6) is -1.11. The van der Waals surface area contributed by atoms with E-state index in [0.717, 1.165) is 5.56 Å². The molecule has 0 aliphatic heterocycles. The van der Waals surface area contributed by atoms with Crippen LogP contribution < -0.4 is 0 Å². The lowest BCUT2D eigenvalue weighted by molar-refractivity contribution is -0.153. The minimum absolute atomic E-state index is 0.384. The monoisotopic (exact) mass is 240 g/mol. The van der Waals surface area contributed by atoms with Crippen molar-refractivity contribution in [3.05, 3.63) is 35.1 Å². The molecule has 1 rings (SSSR count). The van der Waals surface area contributed by atoms with Gasteiger partial charge in [0.1, 0.15) is 5.82 Å². The molecule has 3 nitrogen and oxygen atoms in total. The second kappa shape index (κ2) is 4.84. The smallest absolute Gasteiger partial charge is 0.335 e. The topological polar surface area (TPSA) is 46.5 Å². The fourth-order valence-corrected chi connectivity index (χ4v) is 1.67. The number of ether oxygens (including phenoxy) is 1. The molecular weight excluding hydrogens is 223 g/mol. The molecule has 1 unspecified atom stereocenters. The largest absolute Gasteiger partial charge is 0.467 e. The highest BCUT2D eigenvalue weighted by molar-refractivity contribution is 5.76. The number of hydrogen-bond donors (Lipinski definition) is 1. The lowest BCUT2D eigenvalue weighted by Gasteiger charge is -2.29. The molecule has 0 saturated heterocycles. The van der Waals surface area contributed by atoms with E-state index in [1.54, 1.807) is 26.8 Å². The van der Waals surface area contributed by atoms with Crippen molar-refractivity contribution in [1.82, 2.24) is 0 Å². The van der Waals surface area contributed by atoms with Gasteiger partial charge >= 0.3 is 5.97 Å². The number of aliphatic hydroxyl groups is 1. The highest BCUT2D eigenvalue weighted by atomic mass is 19.1. The van der Waals surface area contributed by atoms with E-state index in [-0.39, 0.29) is 5.82 Å². The summed E-state index contributed by atoms with van der Waals surface area (Å²) in [6, 6.07) is 4.46. The van der Waals surface area contributed by atoms with Crippen LogP contribution in [0.4, 0.5) is 4.39 Å². The van der Waals surface area contributed by atoms with Crippen LogP contribution in [-0.2, 0) is 14.9 Å². The van der Waals surface area contributed by atoms with Crippen LogP contribution in [0.15, 0.2) is 18.2 Å². The van der Waals surface area contributed by atoms with Crippen LogP contribution >= 0.6 is 0 Å². The van der Waals surface area contributed by atoms with E-state index < -0.39 is 17.5 Å². The van der Waals surface area contributed by atoms with Crippen molar-refractivity contribution in [3.63, 3.8) is 0 Å². The maximum Gasteiger partial charge on any atom is 0.335 e. The molecular formula is C13H17FO3. The lowest BCUT2D eigenvalue weighted by atomic mass is 9.79. The lowest BCUT2D eigenvalue weighted by Crippen LogP contribution is -2.40. The van der Waals surface area contributed by atoms with Crippen LogP contribution in [0.5, 0.6) is 0 Å². The summed E-state index contributed by atoms with van der Waals surface area (Å²) in [4.78, 5) is 11.3. The second-order valence-corrected chi connectivity index (χ2v) is 4.66. The number of carbonyl (C=O) groups is 1. The third-order valence-electron chi connectivity index (χ3n) is 2.89. The van der Waals surface area contributed by atoms with Crippen LogP contribution in [0.3, 0.4) is 0 Å². The number of hydrogen-bond acceptors (Lipinski definition) is 3. The molecule has 1 N–H and O–H groups in total. The van der Waals surface area contributed by atoms with Gasteiger partial charge in [0.2, 0.25) is 0 Å². The minimum Gasteiger partial charge on any atom is -0.467 e. The predicted octanol–water partition coefficient (Wildman–Crippen LogP) is 1.95. The quantitative estimate of drug-likeness (QED) is 0.821. The Kier molecular flexibility index (Phi) is 3.88. The van der Waals surface area contributed by atoms with Crippen molar-refractivity contribution in [2.24, 2.45) is 0 Å². The number of halogens is 1. The van der Waals surface area contributed by atoms with Crippen molar-refractivity contribution in [2.75, 3.05) is 7.11 Å². The molecule has 1 atom stereocenters. The number of rotatable bonds is 3. The SMILES string of the molecule is COC(=O)C(O)C(C)(C)c1cc(C)cc(F)c1. The van der Waals surface area contributed by atoms with Gasteiger partial charge in [-0.1, -0.05) is 19.9 Å². The van der Waals surface area contributed by atoms with Gasteiger partial charge in [-0.15, -0.1) is 0 Å². The predicted molar refractivity (Wildman–Crippen MR) is 62.2 cm³/mol. The molecule has 0 radical (unpaired) electrons. The molecule has 17 heavy (non-hydrogen) atoms. The van der Waals surface area contributed by atoms with Gasteiger partial charge in [0.25, 0.3) is 0 Å². The normalized spacial score (nSPS) is 13.3. The Balaban J connectivity index is 3.15. The first kappa shape index (κ1) is 13.6. The van der Waals surface area contributed by atoms with Gasteiger partial charge in [-0.05, 0) is 30.2 Å². The third kappa shape index (κ3) is 2.82. The van der Waals surface area contributed by atoms with Crippen LogP contribution in [0.1, 0.15) is 25.0 Å². The molecule has 0 fully saturated rings. The highest BCUT2D eigenvalue weighted by Gasteiger charge is 2.36. The summed E-state index contributed by atoms with van der Waals surface area (Å²) >= 11 is 0. The number of aryl methyl sites for hydroxylation is 1. The summed E-state index contributed by atoms with van der Waals surface area (Å²) in [6.45, 7) is 5.10. The van der Waals surface area contributed by atoms with Crippen LogP contribution in [-0.4, -0.2) is 24.3 Å². The molecule has 4 heteroatoms. The first-order valence-electron chi connectivity index (χ1n) is 5.32. The van der Waals surface area contributed by atoms with Crippen molar-refractivity contribution < 1.29 is 19.0 Å². The van der Waals surface area contributed by atoms with Crippen molar-refractivity contribution in [3.8, 4) is 0 Å². The Morgan fingerprint density at radius 1 is 1.41 bits per heavy atom. The fourth-order valence-electron chi connectivity index (χ4n) is 1.67. The minimum atomic E-state index is -1.33. The zero-order chi connectivity index (χ0) is 13.2. The second-order valence-electron chi connectivity index (χ2n) is 4.66. The number of methoxy groups -OCH3 is 1. The first-order valence-corrected chi connectivity index (χ1v) is 5.32. The highest BCUT2D eigenvalue weighted by Crippen LogP contribution is 2.29. The van der Waals surface area contributed by atoms with Gasteiger partial charge in [-0.25, -0.2) is 9.18 Å². The zero-order valence-corrected chi connectivity index (χ0v) is 10.5. The van der Waals surface area contributed by atoms with Crippen LogP contribution in [0.25, 0.3) is 0 Å². The van der Waals surface area contributed by atoms with E-state index in [9.17, 15) is 14.3 Å². The van der Waals surface area contributed by atoms with E-state index in [1.807, 2.05) is 0 Å². The first-order chi connectivity index (χ1) is 7.78. The summed E-state index contributed by atoms with van der Waals surface area (Å²) < 4.78 is 17.8. The average Bonchev–Trinajstić information content (AvgIpc) is 2.25. The molecule has 0 spiro atoms. The van der Waals surface area contributed by atoms with Gasteiger partial charge < -0.3 is 9.84 Å². The summed E-state index contributed by atoms with van der Waals surface area (Å²) in [5.41, 5.74) is 0.401. The molecule has 0 bridgehead atoms. The third-order valence-corrected chi connectivity index (χ3v) is 2.89. The standard InChI is InChI=1S/C13H17FO3/c1-8-5-9(7-10(14)6-8)13(2,3)11(15)12(16)17-4/h5-7,11,15H,1-4H3. The van der Waals surface area contributed by atoms with Gasteiger partial charge in [0.15, 0.2) is 6.10 Å². The maximum absolute atomic E-state index is 13.3. The van der Waals surface area contributed by atoms with Gasteiger partial charge in [0.05, 0.1) is 7.11 Å². The zero-order valence-electron chi connectivity index (χ0n) is 10.5. The van der Waals surface area contributed by atoms with E-state index in [1.165, 1.54) is 19.2 Å². The summed E-state index contributed by atoms with van der Waals surface area (Å²) in [5, 5.41) is 9.88. The Morgan fingerprint density at radius 2 is 2.00 bits per heavy atom. The number of carbonyl (C=O) groups excluding carboxylic acids is 1. The Labute approximate surface area is 100 Å². The summed E-state index contributed by atoms with van der Waals surface area (Å²) in [7, 11) is 1.21.